The molecule has 0 aliphatic carbocycles. The van der Waals surface area contributed by atoms with E-state index in [2.05, 4.69) is 41.5 Å². The third-order valence-corrected chi connectivity index (χ3v) is 2.38. The average molecular weight is 229 g/mol. The topological polar surface area (TPSA) is 17.8 Å². The molecule has 0 amide bonds. The molecule has 0 radical (unpaired) electrons. The molecule has 0 aliphatic heterocycles. The van der Waals surface area contributed by atoms with Crippen molar-refractivity contribution in [2.45, 2.75) is 19.9 Å². The molecule has 0 aromatic carbocycles. The Morgan fingerprint density at radius 2 is 2.42 bits per heavy atom. The molecule has 0 saturated heterocycles. The highest BCUT2D eigenvalue weighted by molar-refractivity contribution is 9.09. The number of hydrogen-bond acceptors (Lipinski definition) is 1. The van der Waals surface area contributed by atoms with E-state index in [1.807, 2.05) is 17.1 Å². The number of allylic oxidation sites excluding steroid dienone is 1. The van der Waals surface area contributed by atoms with Gasteiger partial charge in [-0.1, -0.05) is 22.5 Å². The highest BCUT2D eigenvalue weighted by Gasteiger charge is 2.02. The first-order chi connectivity index (χ1) is 5.65. The molecule has 1 aromatic heterocycles. The van der Waals surface area contributed by atoms with Gasteiger partial charge in [0, 0.05) is 23.1 Å². The van der Waals surface area contributed by atoms with E-state index in [1.54, 1.807) is 0 Å². The SMILES string of the molecule is C=C(CBr)c1cnn(C(C)C)c1. The predicted octanol–water partition coefficient (Wildman–Crippen LogP) is 2.87. The van der Waals surface area contributed by atoms with Crippen LogP contribution in [0.15, 0.2) is 19.0 Å². The maximum atomic E-state index is 4.22. The molecule has 0 atom stereocenters. The van der Waals surface area contributed by atoms with Crippen LogP contribution < -0.4 is 0 Å². The van der Waals surface area contributed by atoms with E-state index in [0.717, 1.165) is 16.5 Å². The summed E-state index contributed by atoms with van der Waals surface area (Å²) in [5, 5.41) is 5.02. The van der Waals surface area contributed by atoms with Crippen molar-refractivity contribution in [2.75, 3.05) is 5.33 Å². The molecule has 0 aliphatic rings. The Labute approximate surface area is 81.4 Å². The average Bonchev–Trinajstić information content (AvgIpc) is 2.51. The second-order valence-corrected chi connectivity index (χ2v) is 3.60. The van der Waals surface area contributed by atoms with Crippen molar-refractivity contribution in [1.29, 1.82) is 0 Å². The van der Waals surface area contributed by atoms with Gasteiger partial charge < -0.3 is 0 Å². The number of rotatable bonds is 3. The Morgan fingerprint density at radius 1 is 1.75 bits per heavy atom. The maximum Gasteiger partial charge on any atom is 0.0565 e. The van der Waals surface area contributed by atoms with Crippen LogP contribution in [-0.4, -0.2) is 15.1 Å². The zero-order chi connectivity index (χ0) is 9.14. The van der Waals surface area contributed by atoms with E-state index in [0.29, 0.717) is 6.04 Å². The van der Waals surface area contributed by atoms with Crippen LogP contribution in [0.3, 0.4) is 0 Å². The monoisotopic (exact) mass is 228 g/mol. The van der Waals surface area contributed by atoms with E-state index < -0.39 is 0 Å². The summed E-state index contributed by atoms with van der Waals surface area (Å²) in [4.78, 5) is 0. The highest BCUT2D eigenvalue weighted by Crippen LogP contribution is 2.15. The quantitative estimate of drug-likeness (QED) is 0.728. The summed E-state index contributed by atoms with van der Waals surface area (Å²) in [6, 6.07) is 0.418. The van der Waals surface area contributed by atoms with Crippen LogP contribution in [0.25, 0.3) is 5.57 Å². The molecule has 2 nitrogen and oxygen atoms in total. The van der Waals surface area contributed by atoms with Gasteiger partial charge in [-0.3, -0.25) is 4.68 Å². The van der Waals surface area contributed by atoms with Crippen molar-refractivity contribution in [3.63, 3.8) is 0 Å². The second kappa shape index (κ2) is 3.90. The minimum atomic E-state index is 0.418. The smallest absolute Gasteiger partial charge is 0.0565 e. The minimum absolute atomic E-state index is 0.418. The van der Waals surface area contributed by atoms with Gasteiger partial charge in [0.05, 0.1) is 6.20 Å². The fourth-order valence-corrected chi connectivity index (χ4v) is 1.20. The molecule has 0 spiro atoms. The molecule has 0 fully saturated rings. The van der Waals surface area contributed by atoms with Crippen LogP contribution >= 0.6 is 15.9 Å². The first-order valence-electron chi connectivity index (χ1n) is 3.93. The lowest BCUT2D eigenvalue weighted by atomic mass is 10.2. The van der Waals surface area contributed by atoms with Gasteiger partial charge in [-0.05, 0) is 19.4 Å². The zero-order valence-corrected chi connectivity index (χ0v) is 9.00. The second-order valence-electron chi connectivity index (χ2n) is 3.04. The highest BCUT2D eigenvalue weighted by atomic mass is 79.9. The number of hydrogen-bond donors (Lipinski definition) is 0. The summed E-state index contributed by atoms with van der Waals surface area (Å²) < 4.78 is 1.93. The van der Waals surface area contributed by atoms with Crippen molar-refractivity contribution in [1.82, 2.24) is 9.78 Å². The summed E-state index contributed by atoms with van der Waals surface area (Å²) in [6.45, 7) is 8.13. The molecule has 1 aromatic rings. The van der Waals surface area contributed by atoms with Gasteiger partial charge >= 0.3 is 0 Å². The number of nitrogens with zero attached hydrogens (tertiary/aromatic N) is 2. The van der Waals surface area contributed by atoms with Gasteiger partial charge in [0.25, 0.3) is 0 Å². The van der Waals surface area contributed by atoms with E-state index in [1.165, 1.54) is 0 Å². The molecular weight excluding hydrogens is 216 g/mol. The summed E-state index contributed by atoms with van der Waals surface area (Å²) in [5.41, 5.74) is 2.18. The standard InChI is InChI=1S/C9H13BrN2/c1-7(2)12-6-9(5-11-12)8(3)4-10/h5-7H,3-4H2,1-2H3. The zero-order valence-electron chi connectivity index (χ0n) is 7.42. The first-order valence-corrected chi connectivity index (χ1v) is 5.05. The summed E-state index contributed by atoms with van der Waals surface area (Å²) in [6.07, 6.45) is 3.87. The van der Waals surface area contributed by atoms with E-state index in [-0.39, 0.29) is 0 Å². The predicted molar refractivity (Wildman–Crippen MR) is 55.4 cm³/mol. The fraction of sp³-hybridized carbons (Fsp3) is 0.444. The normalized spacial score (nSPS) is 10.7. The largest absolute Gasteiger partial charge is 0.270 e. The Morgan fingerprint density at radius 3 is 2.83 bits per heavy atom. The number of aromatic nitrogens is 2. The Hall–Kier alpha value is -0.570. The fourth-order valence-electron chi connectivity index (χ4n) is 0.880. The Balaban J connectivity index is 2.84. The lowest BCUT2D eigenvalue weighted by molar-refractivity contribution is 0.532. The summed E-state index contributed by atoms with van der Waals surface area (Å²) in [5.74, 6) is 0. The molecule has 1 heterocycles. The number of alkyl halides is 1. The van der Waals surface area contributed by atoms with Crippen molar-refractivity contribution < 1.29 is 0 Å². The molecule has 0 saturated carbocycles. The maximum absolute atomic E-state index is 4.22. The lowest BCUT2D eigenvalue weighted by Gasteiger charge is -2.03. The molecule has 12 heavy (non-hydrogen) atoms. The molecule has 3 heteroatoms. The summed E-state index contributed by atoms with van der Waals surface area (Å²) in [7, 11) is 0. The van der Waals surface area contributed by atoms with Gasteiger partial charge in [0.2, 0.25) is 0 Å². The van der Waals surface area contributed by atoms with Crippen LogP contribution in [-0.2, 0) is 0 Å². The Bertz CT molecular complexity index is 276. The van der Waals surface area contributed by atoms with Crippen LogP contribution in [0, 0.1) is 0 Å². The molecule has 66 valence electrons. The van der Waals surface area contributed by atoms with Crippen molar-refractivity contribution >= 4 is 21.5 Å². The van der Waals surface area contributed by atoms with Crippen LogP contribution in [0.5, 0.6) is 0 Å². The Kier molecular flexibility index (Phi) is 3.09. The van der Waals surface area contributed by atoms with Gasteiger partial charge in [0.1, 0.15) is 0 Å². The van der Waals surface area contributed by atoms with E-state index >= 15 is 0 Å². The van der Waals surface area contributed by atoms with Crippen molar-refractivity contribution in [3.8, 4) is 0 Å². The molecule has 0 bridgehead atoms. The van der Waals surface area contributed by atoms with E-state index in [4.69, 9.17) is 0 Å². The third-order valence-electron chi connectivity index (χ3n) is 1.70. The van der Waals surface area contributed by atoms with Crippen LogP contribution in [0.1, 0.15) is 25.5 Å². The third kappa shape index (κ3) is 1.97. The van der Waals surface area contributed by atoms with E-state index in [9.17, 15) is 0 Å². The van der Waals surface area contributed by atoms with Crippen LogP contribution in [0.4, 0.5) is 0 Å². The van der Waals surface area contributed by atoms with Gasteiger partial charge in [0.15, 0.2) is 0 Å². The van der Waals surface area contributed by atoms with Crippen LogP contribution in [0.2, 0.25) is 0 Å². The molecule has 1 rings (SSSR count). The first kappa shape index (κ1) is 9.52. The molecule has 0 N–H and O–H groups in total. The molecule has 0 unspecified atom stereocenters. The van der Waals surface area contributed by atoms with Gasteiger partial charge in [-0.15, -0.1) is 0 Å². The van der Waals surface area contributed by atoms with Crippen molar-refractivity contribution in [2.24, 2.45) is 0 Å². The summed E-state index contributed by atoms with van der Waals surface area (Å²) >= 11 is 3.36. The minimum Gasteiger partial charge on any atom is -0.270 e. The van der Waals surface area contributed by atoms with Crippen molar-refractivity contribution in [3.05, 3.63) is 24.5 Å². The van der Waals surface area contributed by atoms with Gasteiger partial charge in [-0.2, -0.15) is 5.10 Å². The molecular formula is C9H13BrN2. The lowest BCUT2D eigenvalue weighted by Crippen LogP contribution is -1.99. The number of halogens is 1. The van der Waals surface area contributed by atoms with Gasteiger partial charge in [-0.25, -0.2) is 0 Å².